The third kappa shape index (κ3) is 4.92. The highest BCUT2D eigenvalue weighted by molar-refractivity contribution is 5.94. The van der Waals surface area contributed by atoms with Gasteiger partial charge in [-0.25, -0.2) is 0 Å². The fourth-order valence-electron chi connectivity index (χ4n) is 5.72. The number of nitrogens with zero attached hydrogens (tertiary/aromatic N) is 1. The van der Waals surface area contributed by atoms with E-state index in [2.05, 4.69) is 58.7 Å². The quantitative estimate of drug-likeness (QED) is 0.534. The van der Waals surface area contributed by atoms with Crippen LogP contribution in [-0.2, 0) is 19.4 Å². The van der Waals surface area contributed by atoms with Gasteiger partial charge >= 0.3 is 0 Å². The summed E-state index contributed by atoms with van der Waals surface area (Å²) < 4.78 is 10.9. The van der Waals surface area contributed by atoms with Gasteiger partial charge in [0, 0.05) is 12.1 Å². The van der Waals surface area contributed by atoms with Crippen molar-refractivity contribution in [2.75, 3.05) is 19.9 Å². The van der Waals surface area contributed by atoms with Crippen LogP contribution in [0.3, 0.4) is 0 Å². The standard InChI is InChI=1S/C30H32N2O3/c33-30(31-27-11-10-24-3-1-2-4-26(24)27)25-8-5-21(6-9-25)17-22-13-15-32(16-14-22)19-23-7-12-28-29(18-23)35-20-34-28/h1-9,12,18,22,27H,10-11,13-17,19-20H2,(H,31,33)/t27-/m1/s1. The van der Waals surface area contributed by atoms with Gasteiger partial charge in [0.2, 0.25) is 6.79 Å². The fourth-order valence-corrected chi connectivity index (χ4v) is 5.72. The summed E-state index contributed by atoms with van der Waals surface area (Å²) in [5.74, 6) is 2.43. The lowest BCUT2D eigenvalue weighted by Crippen LogP contribution is -2.33. The average Bonchev–Trinajstić information content (AvgIpc) is 3.52. The number of aryl methyl sites for hydroxylation is 1. The maximum atomic E-state index is 12.8. The molecule has 2 heterocycles. The highest BCUT2D eigenvalue weighted by Crippen LogP contribution is 2.33. The summed E-state index contributed by atoms with van der Waals surface area (Å²) in [7, 11) is 0. The Bertz CT molecular complexity index is 1200. The predicted molar refractivity (Wildman–Crippen MR) is 136 cm³/mol. The Morgan fingerprint density at radius 3 is 2.51 bits per heavy atom. The van der Waals surface area contributed by atoms with E-state index in [1.807, 2.05) is 18.2 Å². The lowest BCUT2D eigenvalue weighted by Gasteiger charge is -2.32. The SMILES string of the molecule is O=C(N[C@@H]1CCc2ccccc21)c1ccc(CC2CCN(Cc3ccc4c(c3)OCO4)CC2)cc1. The van der Waals surface area contributed by atoms with Crippen LogP contribution in [0.4, 0.5) is 0 Å². The molecule has 1 atom stereocenters. The maximum Gasteiger partial charge on any atom is 0.251 e. The number of amides is 1. The van der Waals surface area contributed by atoms with Crippen LogP contribution >= 0.6 is 0 Å². The molecule has 2 aliphatic heterocycles. The average molecular weight is 469 g/mol. The number of benzene rings is 3. The van der Waals surface area contributed by atoms with Gasteiger partial charge in [-0.2, -0.15) is 0 Å². The van der Waals surface area contributed by atoms with Gasteiger partial charge in [-0.1, -0.05) is 42.5 Å². The third-order valence-electron chi connectivity index (χ3n) is 7.73. The number of carbonyl (C=O) groups is 1. The monoisotopic (exact) mass is 468 g/mol. The number of carbonyl (C=O) groups excluding carboxylic acids is 1. The van der Waals surface area contributed by atoms with Gasteiger partial charge < -0.3 is 14.8 Å². The number of fused-ring (bicyclic) bond motifs is 2. The van der Waals surface area contributed by atoms with E-state index in [1.54, 1.807) is 0 Å². The molecule has 6 rings (SSSR count). The Labute approximate surface area is 207 Å². The number of nitrogens with one attached hydrogen (secondary N) is 1. The van der Waals surface area contributed by atoms with Gasteiger partial charge in [-0.15, -0.1) is 0 Å². The van der Waals surface area contributed by atoms with E-state index >= 15 is 0 Å². The summed E-state index contributed by atoms with van der Waals surface area (Å²) in [4.78, 5) is 15.4. The Hall–Kier alpha value is -3.31. The molecule has 1 amide bonds. The van der Waals surface area contributed by atoms with E-state index in [4.69, 9.17) is 9.47 Å². The Morgan fingerprint density at radius 1 is 0.886 bits per heavy atom. The van der Waals surface area contributed by atoms with Crippen molar-refractivity contribution in [1.29, 1.82) is 0 Å². The minimum atomic E-state index is 0.0232. The molecule has 1 saturated heterocycles. The second-order valence-electron chi connectivity index (χ2n) is 10.1. The first-order valence-corrected chi connectivity index (χ1v) is 12.8. The summed E-state index contributed by atoms with van der Waals surface area (Å²) in [6.07, 6.45) is 5.50. The molecule has 1 N–H and O–H groups in total. The Kier molecular flexibility index (Phi) is 6.17. The van der Waals surface area contributed by atoms with Crippen molar-refractivity contribution in [2.45, 2.75) is 44.7 Å². The van der Waals surface area contributed by atoms with Gasteiger partial charge in [0.1, 0.15) is 0 Å². The van der Waals surface area contributed by atoms with Crippen molar-refractivity contribution in [2.24, 2.45) is 5.92 Å². The first-order chi connectivity index (χ1) is 17.2. The maximum absolute atomic E-state index is 12.8. The van der Waals surface area contributed by atoms with Crippen LogP contribution in [0.25, 0.3) is 0 Å². The Morgan fingerprint density at radius 2 is 1.66 bits per heavy atom. The zero-order valence-corrected chi connectivity index (χ0v) is 20.0. The molecule has 1 aliphatic carbocycles. The molecule has 1 fully saturated rings. The van der Waals surface area contributed by atoms with Crippen LogP contribution < -0.4 is 14.8 Å². The van der Waals surface area contributed by atoms with Crippen molar-refractivity contribution in [3.63, 3.8) is 0 Å². The predicted octanol–water partition coefficient (Wildman–Crippen LogP) is 5.29. The van der Waals surface area contributed by atoms with Gasteiger partial charge in [0.05, 0.1) is 6.04 Å². The number of likely N-dealkylation sites (tertiary alicyclic amines) is 1. The molecule has 3 aromatic rings. The molecule has 0 unspecified atom stereocenters. The van der Waals surface area contributed by atoms with E-state index < -0.39 is 0 Å². The van der Waals surface area contributed by atoms with Crippen LogP contribution in [0.15, 0.2) is 66.7 Å². The van der Waals surface area contributed by atoms with Crippen molar-refractivity contribution in [3.8, 4) is 11.5 Å². The normalized spacial score (nSPS) is 19.5. The molecule has 0 spiro atoms. The summed E-state index contributed by atoms with van der Waals surface area (Å²) in [5, 5.41) is 3.23. The molecule has 0 bridgehead atoms. The zero-order chi connectivity index (χ0) is 23.6. The number of piperidine rings is 1. The van der Waals surface area contributed by atoms with Crippen LogP contribution in [0.5, 0.6) is 11.5 Å². The molecule has 5 heteroatoms. The molecule has 0 aromatic heterocycles. The highest BCUT2D eigenvalue weighted by Gasteiger charge is 2.24. The second-order valence-corrected chi connectivity index (χ2v) is 10.1. The van der Waals surface area contributed by atoms with E-state index in [0.717, 1.165) is 56.0 Å². The lowest BCUT2D eigenvalue weighted by molar-refractivity contribution is 0.0936. The summed E-state index contributed by atoms with van der Waals surface area (Å²) >= 11 is 0. The van der Waals surface area contributed by atoms with E-state index in [9.17, 15) is 4.79 Å². The molecule has 0 saturated carbocycles. The molecule has 180 valence electrons. The van der Waals surface area contributed by atoms with E-state index in [0.29, 0.717) is 12.7 Å². The first kappa shape index (κ1) is 22.2. The van der Waals surface area contributed by atoms with Crippen molar-refractivity contribution < 1.29 is 14.3 Å². The minimum absolute atomic E-state index is 0.0232. The first-order valence-electron chi connectivity index (χ1n) is 12.8. The van der Waals surface area contributed by atoms with E-state index in [-0.39, 0.29) is 11.9 Å². The molecule has 0 radical (unpaired) electrons. The van der Waals surface area contributed by atoms with Gasteiger partial charge in [0.25, 0.3) is 5.91 Å². The molecule has 35 heavy (non-hydrogen) atoms. The molecule has 3 aliphatic rings. The smallest absolute Gasteiger partial charge is 0.251 e. The largest absolute Gasteiger partial charge is 0.454 e. The molecular weight excluding hydrogens is 436 g/mol. The second kappa shape index (κ2) is 9.74. The van der Waals surface area contributed by atoms with Gasteiger partial charge in [0.15, 0.2) is 11.5 Å². The summed E-state index contributed by atoms with van der Waals surface area (Å²) in [6.45, 7) is 3.51. The van der Waals surface area contributed by atoms with Crippen LogP contribution in [0, 0.1) is 5.92 Å². The lowest BCUT2D eigenvalue weighted by atomic mass is 9.89. The zero-order valence-electron chi connectivity index (χ0n) is 20.0. The fraction of sp³-hybridized carbons (Fsp3) is 0.367. The number of hydrogen-bond acceptors (Lipinski definition) is 4. The van der Waals surface area contributed by atoms with Crippen LogP contribution in [-0.4, -0.2) is 30.7 Å². The molecule has 5 nitrogen and oxygen atoms in total. The molecule has 3 aromatic carbocycles. The van der Waals surface area contributed by atoms with Crippen molar-refractivity contribution >= 4 is 5.91 Å². The third-order valence-corrected chi connectivity index (χ3v) is 7.73. The summed E-state index contributed by atoms with van der Waals surface area (Å²) in [5.41, 5.74) is 5.97. The van der Waals surface area contributed by atoms with E-state index in [1.165, 1.54) is 35.1 Å². The number of hydrogen-bond donors (Lipinski definition) is 1. The topological polar surface area (TPSA) is 50.8 Å². The highest BCUT2D eigenvalue weighted by atomic mass is 16.7. The Balaban J connectivity index is 0.985. The summed E-state index contributed by atoms with van der Waals surface area (Å²) in [6, 6.07) is 23.1. The van der Waals surface area contributed by atoms with Crippen molar-refractivity contribution in [3.05, 3.63) is 94.5 Å². The molecular formula is C30H32N2O3. The van der Waals surface area contributed by atoms with Gasteiger partial charge in [-0.05, 0) is 97.6 Å². The van der Waals surface area contributed by atoms with Crippen molar-refractivity contribution in [1.82, 2.24) is 10.2 Å². The number of rotatable bonds is 6. The van der Waals surface area contributed by atoms with Gasteiger partial charge in [-0.3, -0.25) is 9.69 Å². The van der Waals surface area contributed by atoms with Crippen LogP contribution in [0.1, 0.15) is 57.9 Å². The minimum Gasteiger partial charge on any atom is -0.454 e. The number of ether oxygens (including phenoxy) is 2. The van der Waals surface area contributed by atoms with Crippen LogP contribution in [0.2, 0.25) is 0 Å².